The van der Waals surface area contributed by atoms with Crippen LogP contribution in [0.25, 0.3) is 22.6 Å². The molecule has 0 amide bonds. The first-order valence-corrected chi connectivity index (χ1v) is 5.96. The highest BCUT2D eigenvalue weighted by Gasteiger charge is 2.17. The number of nitrogens with one attached hydrogen (secondary N) is 1. The monoisotopic (exact) mass is 275 g/mol. The Kier molecular flexibility index (Phi) is 2.85. The zero-order valence-electron chi connectivity index (χ0n) is 10.9. The second-order valence-electron chi connectivity index (χ2n) is 4.36. The molecule has 0 unspecified atom stereocenters. The minimum absolute atomic E-state index is 0.111. The van der Waals surface area contributed by atoms with Gasteiger partial charge in [0.25, 0.3) is 0 Å². The Morgan fingerprint density at radius 3 is 2.65 bits per heavy atom. The van der Waals surface area contributed by atoms with Crippen molar-refractivity contribution in [2.24, 2.45) is 0 Å². The minimum Gasteiger partial charge on any atom is -0.481 e. The van der Waals surface area contributed by atoms with Crippen molar-refractivity contribution in [3.63, 3.8) is 0 Å². The number of methoxy groups -OCH3 is 1. The number of aromatic amines is 1. The standard InChI is InChI=1S/C14H11F2N3O/c1-7-3-4-8(15)11(12(7)16)14-17-9-5-6-10(20-2)18-13(9)19-14/h3-6H,1-2H3,(H,17,18,19). The molecule has 6 heteroatoms. The summed E-state index contributed by atoms with van der Waals surface area (Å²) in [5, 5.41) is 0. The number of H-pyrrole nitrogens is 1. The summed E-state index contributed by atoms with van der Waals surface area (Å²) in [5.74, 6) is -0.796. The van der Waals surface area contributed by atoms with E-state index in [-0.39, 0.29) is 11.4 Å². The number of imidazole rings is 1. The van der Waals surface area contributed by atoms with Gasteiger partial charge in [0.05, 0.1) is 18.2 Å². The van der Waals surface area contributed by atoms with Gasteiger partial charge in [-0.3, -0.25) is 0 Å². The van der Waals surface area contributed by atoms with Gasteiger partial charge in [0.1, 0.15) is 17.5 Å². The van der Waals surface area contributed by atoms with Crippen molar-refractivity contribution in [2.75, 3.05) is 7.11 Å². The molecular weight excluding hydrogens is 264 g/mol. The Hall–Kier alpha value is -2.50. The quantitative estimate of drug-likeness (QED) is 0.781. The summed E-state index contributed by atoms with van der Waals surface area (Å²) in [6.07, 6.45) is 0. The second kappa shape index (κ2) is 4.56. The Balaban J connectivity index is 2.22. The second-order valence-corrected chi connectivity index (χ2v) is 4.36. The number of pyridine rings is 1. The molecule has 0 bridgehead atoms. The van der Waals surface area contributed by atoms with Crippen LogP contribution < -0.4 is 4.74 Å². The van der Waals surface area contributed by atoms with Gasteiger partial charge in [-0.2, -0.15) is 4.98 Å². The van der Waals surface area contributed by atoms with Crippen LogP contribution in [-0.4, -0.2) is 22.1 Å². The lowest BCUT2D eigenvalue weighted by molar-refractivity contribution is 0.399. The van der Waals surface area contributed by atoms with Crippen molar-refractivity contribution in [1.82, 2.24) is 15.0 Å². The number of rotatable bonds is 2. The van der Waals surface area contributed by atoms with Crippen LogP contribution in [-0.2, 0) is 0 Å². The Morgan fingerprint density at radius 1 is 1.10 bits per heavy atom. The zero-order valence-corrected chi connectivity index (χ0v) is 10.9. The van der Waals surface area contributed by atoms with E-state index in [0.717, 1.165) is 0 Å². The van der Waals surface area contributed by atoms with E-state index in [4.69, 9.17) is 4.74 Å². The molecule has 0 aliphatic heterocycles. The predicted molar refractivity (Wildman–Crippen MR) is 70.5 cm³/mol. The third-order valence-electron chi connectivity index (χ3n) is 3.05. The van der Waals surface area contributed by atoms with Crippen molar-refractivity contribution in [1.29, 1.82) is 0 Å². The molecule has 2 aromatic heterocycles. The first-order chi connectivity index (χ1) is 9.60. The largest absolute Gasteiger partial charge is 0.481 e. The first kappa shape index (κ1) is 12.5. The number of aryl methyl sites for hydroxylation is 1. The van der Waals surface area contributed by atoms with E-state index >= 15 is 0 Å². The summed E-state index contributed by atoms with van der Waals surface area (Å²) in [4.78, 5) is 11.1. The SMILES string of the molecule is COc1ccc2[nH]c(-c3c(F)ccc(C)c3F)nc2n1. The average Bonchev–Trinajstić information content (AvgIpc) is 2.85. The smallest absolute Gasteiger partial charge is 0.215 e. The van der Waals surface area contributed by atoms with Crippen LogP contribution in [0, 0.1) is 18.6 Å². The van der Waals surface area contributed by atoms with Crippen molar-refractivity contribution in [2.45, 2.75) is 6.92 Å². The van der Waals surface area contributed by atoms with Gasteiger partial charge in [-0.15, -0.1) is 0 Å². The maximum atomic E-state index is 14.1. The van der Waals surface area contributed by atoms with Gasteiger partial charge in [-0.05, 0) is 24.6 Å². The number of hydrogen-bond donors (Lipinski definition) is 1. The molecule has 3 aromatic rings. The molecule has 102 valence electrons. The third kappa shape index (κ3) is 1.89. The van der Waals surface area contributed by atoms with Crippen molar-refractivity contribution >= 4 is 11.2 Å². The predicted octanol–water partition coefficient (Wildman–Crippen LogP) is 3.22. The summed E-state index contributed by atoms with van der Waals surface area (Å²) in [6, 6.07) is 5.95. The fourth-order valence-electron chi connectivity index (χ4n) is 1.98. The normalized spacial score (nSPS) is 11.0. The van der Waals surface area contributed by atoms with Gasteiger partial charge in [0.2, 0.25) is 5.88 Å². The molecule has 2 heterocycles. The van der Waals surface area contributed by atoms with Crippen LogP contribution in [0.15, 0.2) is 24.3 Å². The Morgan fingerprint density at radius 2 is 1.90 bits per heavy atom. The highest BCUT2D eigenvalue weighted by atomic mass is 19.1. The van der Waals surface area contributed by atoms with E-state index in [1.807, 2.05) is 0 Å². The molecule has 1 aromatic carbocycles. The van der Waals surface area contributed by atoms with Crippen LogP contribution >= 0.6 is 0 Å². The first-order valence-electron chi connectivity index (χ1n) is 5.96. The number of halogens is 2. The average molecular weight is 275 g/mol. The molecule has 0 radical (unpaired) electrons. The maximum Gasteiger partial charge on any atom is 0.215 e. The van der Waals surface area contributed by atoms with E-state index in [9.17, 15) is 8.78 Å². The van der Waals surface area contributed by atoms with Crippen LogP contribution in [0.5, 0.6) is 5.88 Å². The number of benzene rings is 1. The molecule has 0 atom stereocenters. The van der Waals surface area contributed by atoms with E-state index in [1.54, 1.807) is 19.1 Å². The zero-order chi connectivity index (χ0) is 14.3. The molecule has 4 nitrogen and oxygen atoms in total. The molecule has 0 saturated carbocycles. The van der Waals surface area contributed by atoms with E-state index < -0.39 is 11.6 Å². The van der Waals surface area contributed by atoms with Gasteiger partial charge >= 0.3 is 0 Å². The van der Waals surface area contributed by atoms with Crippen LogP contribution in [0.3, 0.4) is 0 Å². The summed E-state index contributed by atoms with van der Waals surface area (Å²) in [7, 11) is 1.49. The lowest BCUT2D eigenvalue weighted by atomic mass is 10.1. The summed E-state index contributed by atoms with van der Waals surface area (Å²) in [6.45, 7) is 1.57. The Labute approximate surface area is 113 Å². The molecule has 0 aliphatic carbocycles. The van der Waals surface area contributed by atoms with Crippen molar-refractivity contribution in [3.8, 4) is 17.3 Å². The molecular formula is C14H11F2N3O. The summed E-state index contributed by atoms with van der Waals surface area (Å²) in [5.41, 5.74) is 1.11. The molecule has 0 saturated heterocycles. The molecule has 0 spiro atoms. The van der Waals surface area contributed by atoms with Gasteiger partial charge in [-0.1, -0.05) is 6.07 Å². The van der Waals surface area contributed by atoms with Crippen LogP contribution in [0.1, 0.15) is 5.56 Å². The lowest BCUT2D eigenvalue weighted by Crippen LogP contribution is -1.94. The highest BCUT2D eigenvalue weighted by molar-refractivity contribution is 5.76. The van der Waals surface area contributed by atoms with Gasteiger partial charge in [-0.25, -0.2) is 13.8 Å². The fourth-order valence-corrected chi connectivity index (χ4v) is 1.98. The number of ether oxygens (including phenoxy) is 1. The number of aromatic nitrogens is 3. The topological polar surface area (TPSA) is 50.8 Å². The van der Waals surface area contributed by atoms with Gasteiger partial charge in [0, 0.05) is 6.07 Å². The number of nitrogens with zero attached hydrogens (tertiary/aromatic N) is 2. The highest BCUT2D eigenvalue weighted by Crippen LogP contribution is 2.27. The van der Waals surface area contributed by atoms with Gasteiger partial charge in [0.15, 0.2) is 5.65 Å². The van der Waals surface area contributed by atoms with Crippen LogP contribution in [0.4, 0.5) is 8.78 Å². The van der Waals surface area contributed by atoms with E-state index in [1.165, 1.54) is 19.2 Å². The molecule has 3 rings (SSSR count). The van der Waals surface area contributed by atoms with E-state index in [0.29, 0.717) is 22.6 Å². The third-order valence-corrected chi connectivity index (χ3v) is 3.05. The Bertz CT molecular complexity index is 798. The van der Waals surface area contributed by atoms with Gasteiger partial charge < -0.3 is 9.72 Å². The minimum atomic E-state index is -0.667. The molecule has 20 heavy (non-hydrogen) atoms. The molecule has 1 N–H and O–H groups in total. The number of fused-ring (bicyclic) bond motifs is 1. The molecule has 0 aliphatic rings. The summed E-state index contributed by atoms with van der Waals surface area (Å²) >= 11 is 0. The fraction of sp³-hybridized carbons (Fsp3) is 0.143. The van der Waals surface area contributed by atoms with Crippen molar-refractivity contribution < 1.29 is 13.5 Å². The maximum absolute atomic E-state index is 14.1. The van der Waals surface area contributed by atoms with Crippen molar-refractivity contribution in [3.05, 3.63) is 41.5 Å². The number of hydrogen-bond acceptors (Lipinski definition) is 3. The summed E-state index contributed by atoms with van der Waals surface area (Å²) < 4.78 is 32.9. The van der Waals surface area contributed by atoms with E-state index in [2.05, 4.69) is 15.0 Å². The lowest BCUT2D eigenvalue weighted by Gasteiger charge is -2.03. The molecule has 0 fully saturated rings. The van der Waals surface area contributed by atoms with Crippen LogP contribution in [0.2, 0.25) is 0 Å².